The number of methoxy groups -OCH3 is 1. The molecule has 1 atom stereocenters. The fourth-order valence-corrected chi connectivity index (χ4v) is 1.59. The lowest BCUT2D eigenvalue weighted by Gasteiger charge is -2.12. The van der Waals surface area contributed by atoms with Crippen molar-refractivity contribution in [3.63, 3.8) is 0 Å². The van der Waals surface area contributed by atoms with Gasteiger partial charge in [-0.15, -0.1) is 0 Å². The number of ether oxygens (including phenoxy) is 1. The monoisotopic (exact) mass is 269 g/mol. The van der Waals surface area contributed by atoms with E-state index in [4.69, 9.17) is 9.84 Å². The molecule has 19 heavy (non-hydrogen) atoms. The number of aliphatic carboxylic acids is 1. The summed E-state index contributed by atoms with van der Waals surface area (Å²) < 4.78 is 18.1. The minimum Gasteiger partial charge on any atom is -0.496 e. The third-order valence-corrected chi connectivity index (χ3v) is 2.54. The van der Waals surface area contributed by atoms with E-state index >= 15 is 0 Å². The van der Waals surface area contributed by atoms with E-state index in [0.29, 0.717) is 0 Å². The van der Waals surface area contributed by atoms with Gasteiger partial charge in [0.1, 0.15) is 11.6 Å². The minimum absolute atomic E-state index is 0.0411. The van der Waals surface area contributed by atoms with E-state index in [9.17, 15) is 14.0 Å². The van der Waals surface area contributed by atoms with Crippen molar-refractivity contribution in [2.24, 2.45) is 5.92 Å². The lowest BCUT2D eigenvalue weighted by Crippen LogP contribution is -2.29. The maximum Gasteiger partial charge on any atom is 0.303 e. The zero-order valence-corrected chi connectivity index (χ0v) is 10.8. The molecule has 0 heterocycles. The molecule has 0 saturated heterocycles. The van der Waals surface area contributed by atoms with Gasteiger partial charge in [0, 0.05) is 13.0 Å². The Labute approximate surface area is 110 Å². The van der Waals surface area contributed by atoms with Crippen LogP contribution < -0.4 is 10.1 Å². The van der Waals surface area contributed by atoms with Crippen molar-refractivity contribution in [1.82, 2.24) is 5.32 Å². The number of carboxylic acid groups (broad SMARTS) is 1. The maximum atomic E-state index is 13.1. The van der Waals surface area contributed by atoms with Crippen molar-refractivity contribution in [1.29, 1.82) is 0 Å². The van der Waals surface area contributed by atoms with E-state index in [1.165, 1.54) is 19.2 Å². The smallest absolute Gasteiger partial charge is 0.303 e. The second-order valence-corrected chi connectivity index (χ2v) is 4.26. The highest BCUT2D eigenvalue weighted by molar-refractivity contribution is 5.96. The van der Waals surface area contributed by atoms with Crippen LogP contribution >= 0.6 is 0 Å². The van der Waals surface area contributed by atoms with Crippen LogP contribution in [0.1, 0.15) is 23.7 Å². The second kappa shape index (κ2) is 6.72. The molecule has 5 nitrogen and oxygen atoms in total. The zero-order chi connectivity index (χ0) is 14.4. The molecule has 104 valence electrons. The van der Waals surface area contributed by atoms with Gasteiger partial charge >= 0.3 is 5.97 Å². The fourth-order valence-electron chi connectivity index (χ4n) is 1.59. The number of rotatable bonds is 6. The summed E-state index contributed by atoms with van der Waals surface area (Å²) in [6.07, 6.45) is -0.0411. The Balaban J connectivity index is 2.68. The standard InChI is InChI=1S/C13H16FNO4/c1-8(5-12(16)17)7-15-13(18)10-6-9(14)3-4-11(10)19-2/h3-4,6,8H,5,7H2,1-2H3,(H,15,18)(H,16,17). The van der Waals surface area contributed by atoms with Crippen molar-refractivity contribution in [2.75, 3.05) is 13.7 Å². The Morgan fingerprint density at radius 1 is 1.47 bits per heavy atom. The number of carbonyl (C=O) groups excluding carboxylic acids is 1. The number of hydrogen-bond donors (Lipinski definition) is 2. The molecule has 1 rings (SSSR count). The van der Waals surface area contributed by atoms with Crippen molar-refractivity contribution < 1.29 is 23.8 Å². The first-order valence-electron chi connectivity index (χ1n) is 5.77. The van der Waals surface area contributed by atoms with Gasteiger partial charge in [-0.3, -0.25) is 9.59 Å². The van der Waals surface area contributed by atoms with Gasteiger partial charge in [-0.2, -0.15) is 0 Å². The molecule has 2 N–H and O–H groups in total. The summed E-state index contributed by atoms with van der Waals surface area (Å²) in [7, 11) is 1.39. The van der Waals surface area contributed by atoms with Crippen molar-refractivity contribution >= 4 is 11.9 Å². The molecule has 0 fully saturated rings. The average Bonchev–Trinajstić information content (AvgIpc) is 2.35. The van der Waals surface area contributed by atoms with Gasteiger partial charge in [0.25, 0.3) is 5.91 Å². The summed E-state index contributed by atoms with van der Waals surface area (Å²) in [5, 5.41) is 11.2. The topological polar surface area (TPSA) is 75.6 Å². The van der Waals surface area contributed by atoms with Gasteiger partial charge < -0.3 is 15.2 Å². The number of carboxylic acids is 1. The first kappa shape index (κ1) is 14.9. The third-order valence-electron chi connectivity index (χ3n) is 2.54. The van der Waals surface area contributed by atoms with E-state index in [1.54, 1.807) is 6.92 Å². The van der Waals surface area contributed by atoms with Crippen LogP contribution in [0.5, 0.6) is 5.75 Å². The van der Waals surface area contributed by atoms with Gasteiger partial charge in [0.2, 0.25) is 0 Å². The number of carbonyl (C=O) groups is 2. The van der Waals surface area contributed by atoms with Gasteiger partial charge in [0.15, 0.2) is 0 Å². The molecule has 0 aliphatic carbocycles. The summed E-state index contributed by atoms with van der Waals surface area (Å²) in [4.78, 5) is 22.3. The van der Waals surface area contributed by atoms with Crippen molar-refractivity contribution in [3.8, 4) is 5.75 Å². The molecule has 0 radical (unpaired) electrons. The Hall–Kier alpha value is -2.11. The van der Waals surface area contributed by atoms with Crippen LogP contribution in [0.2, 0.25) is 0 Å². The van der Waals surface area contributed by atoms with Gasteiger partial charge in [0.05, 0.1) is 12.7 Å². The van der Waals surface area contributed by atoms with Gasteiger partial charge in [-0.25, -0.2) is 4.39 Å². The molecule has 0 bridgehead atoms. The Kier molecular flexibility index (Phi) is 5.29. The fraction of sp³-hybridized carbons (Fsp3) is 0.385. The molecule has 0 aromatic heterocycles. The minimum atomic E-state index is -0.926. The highest BCUT2D eigenvalue weighted by atomic mass is 19.1. The van der Waals surface area contributed by atoms with Crippen LogP contribution in [0.4, 0.5) is 4.39 Å². The molecule has 6 heteroatoms. The van der Waals surface area contributed by atoms with E-state index < -0.39 is 17.7 Å². The maximum absolute atomic E-state index is 13.1. The summed E-state index contributed by atoms with van der Waals surface area (Å²) in [5.74, 6) is -1.89. The number of benzene rings is 1. The molecule has 0 aliphatic heterocycles. The molecule has 0 saturated carbocycles. The lowest BCUT2D eigenvalue weighted by molar-refractivity contribution is -0.137. The number of nitrogens with one attached hydrogen (secondary N) is 1. The largest absolute Gasteiger partial charge is 0.496 e. The molecule has 0 spiro atoms. The van der Waals surface area contributed by atoms with Crippen LogP contribution in [-0.4, -0.2) is 30.6 Å². The summed E-state index contributed by atoms with van der Waals surface area (Å²) in [6.45, 7) is 1.90. The first-order chi connectivity index (χ1) is 8.93. The van der Waals surface area contributed by atoms with E-state index in [0.717, 1.165) is 6.07 Å². The van der Waals surface area contributed by atoms with Crippen LogP contribution in [0.15, 0.2) is 18.2 Å². The van der Waals surface area contributed by atoms with Crippen LogP contribution in [-0.2, 0) is 4.79 Å². The van der Waals surface area contributed by atoms with Crippen molar-refractivity contribution in [2.45, 2.75) is 13.3 Å². The average molecular weight is 269 g/mol. The molecule has 1 amide bonds. The third kappa shape index (κ3) is 4.57. The molecular weight excluding hydrogens is 253 g/mol. The molecule has 0 aliphatic rings. The quantitative estimate of drug-likeness (QED) is 0.823. The molecule has 1 aromatic rings. The Bertz CT molecular complexity index is 476. The number of hydrogen-bond acceptors (Lipinski definition) is 3. The second-order valence-electron chi connectivity index (χ2n) is 4.26. The molecule has 1 unspecified atom stereocenters. The molecule has 1 aromatic carbocycles. The highest BCUT2D eigenvalue weighted by Gasteiger charge is 2.15. The lowest BCUT2D eigenvalue weighted by atomic mass is 10.1. The van der Waals surface area contributed by atoms with E-state index in [1.807, 2.05) is 0 Å². The normalized spacial score (nSPS) is 11.7. The summed E-state index contributed by atoms with van der Waals surface area (Å²) >= 11 is 0. The molecular formula is C13H16FNO4. The van der Waals surface area contributed by atoms with Crippen LogP contribution in [0.25, 0.3) is 0 Å². The van der Waals surface area contributed by atoms with Crippen LogP contribution in [0, 0.1) is 11.7 Å². The Morgan fingerprint density at radius 2 is 2.16 bits per heavy atom. The van der Waals surface area contributed by atoms with E-state index in [-0.39, 0.29) is 30.2 Å². The summed E-state index contributed by atoms with van der Waals surface area (Å²) in [6, 6.07) is 3.64. The van der Waals surface area contributed by atoms with Gasteiger partial charge in [-0.1, -0.05) is 6.92 Å². The number of amides is 1. The highest BCUT2D eigenvalue weighted by Crippen LogP contribution is 2.19. The number of halogens is 1. The van der Waals surface area contributed by atoms with Gasteiger partial charge in [-0.05, 0) is 24.1 Å². The first-order valence-corrected chi connectivity index (χ1v) is 5.77. The Morgan fingerprint density at radius 3 is 2.74 bits per heavy atom. The predicted molar refractivity (Wildman–Crippen MR) is 66.7 cm³/mol. The summed E-state index contributed by atoms with van der Waals surface area (Å²) in [5.41, 5.74) is 0.0880. The van der Waals surface area contributed by atoms with Crippen LogP contribution in [0.3, 0.4) is 0 Å². The van der Waals surface area contributed by atoms with E-state index in [2.05, 4.69) is 5.32 Å². The van der Waals surface area contributed by atoms with Crippen molar-refractivity contribution in [3.05, 3.63) is 29.6 Å². The predicted octanol–water partition coefficient (Wildman–Crippen LogP) is 1.67. The SMILES string of the molecule is COc1ccc(F)cc1C(=O)NCC(C)CC(=O)O. The zero-order valence-electron chi connectivity index (χ0n) is 10.8.